The van der Waals surface area contributed by atoms with E-state index >= 15 is 0 Å². The maximum atomic E-state index is 10.6. The van der Waals surface area contributed by atoms with Gasteiger partial charge in [0.05, 0.1) is 7.11 Å². The van der Waals surface area contributed by atoms with E-state index in [2.05, 4.69) is 9.39 Å². The number of methoxy groups -OCH3 is 1. The van der Waals surface area contributed by atoms with Gasteiger partial charge >= 0.3 is 13.3 Å². The van der Waals surface area contributed by atoms with Crippen molar-refractivity contribution in [3.05, 3.63) is 30.3 Å². The number of ether oxygens (including phenoxy) is 1. The van der Waals surface area contributed by atoms with Gasteiger partial charge in [-0.3, -0.25) is 0 Å². The Kier molecular flexibility index (Phi) is 3.34. The third-order valence-corrected chi connectivity index (χ3v) is 1.46. The molecule has 0 aliphatic heterocycles. The standard InChI is InChI=1S/C8H9BO4/c1-12-8(10)13-9(11)7-5-3-2-4-6-7/h2-6,11H,1H3. The predicted octanol–water partition coefficient (Wildman–Crippen LogP) is 0.157. The van der Waals surface area contributed by atoms with Gasteiger partial charge in [0.1, 0.15) is 0 Å². The van der Waals surface area contributed by atoms with Crippen molar-refractivity contribution in [2.45, 2.75) is 0 Å². The summed E-state index contributed by atoms with van der Waals surface area (Å²) in [5, 5.41) is 9.30. The van der Waals surface area contributed by atoms with Gasteiger partial charge < -0.3 is 14.4 Å². The molecule has 0 aliphatic carbocycles. The first-order valence-corrected chi connectivity index (χ1v) is 3.71. The predicted molar refractivity (Wildman–Crippen MR) is 47.5 cm³/mol. The highest BCUT2D eigenvalue weighted by molar-refractivity contribution is 6.61. The first kappa shape index (κ1) is 9.60. The molecule has 0 spiro atoms. The van der Waals surface area contributed by atoms with E-state index < -0.39 is 13.3 Å². The molecule has 0 amide bonds. The fourth-order valence-corrected chi connectivity index (χ4v) is 0.825. The number of benzene rings is 1. The Hall–Kier alpha value is -1.49. The van der Waals surface area contributed by atoms with Gasteiger partial charge in [0.25, 0.3) is 0 Å². The van der Waals surface area contributed by atoms with Crippen molar-refractivity contribution in [3.8, 4) is 0 Å². The summed E-state index contributed by atoms with van der Waals surface area (Å²) in [6.07, 6.45) is -0.906. The molecular weight excluding hydrogens is 171 g/mol. The summed E-state index contributed by atoms with van der Waals surface area (Å²) in [5.41, 5.74) is 0.507. The molecule has 0 saturated carbocycles. The molecule has 5 heteroatoms. The lowest BCUT2D eigenvalue weighted by Crippen LogP contribution is -2.35. The molecule has 1 aromatic rings. The van der Waals surface area contributed by atoms with Gasteiger partial charge in [0.2, 0.25) is 0 Å². The van der Waals surface area contributed by atoms with Crippen LogP contribution < -0.4 is 5.46 Å². The van der Waals surface area contributed by atoms with Gasteiger partial charge in [0.15, 0.2) is 0 Å². The molecule has 0 heterocycles. The number of rotatable bonds is 2. The van der Waals surface area contributed by atoms with Crippen molar-refractivity contribution in [3.63, 3.8) is 0 Å². The van der Waals surface area contributed by atoms with Crippen molar-refractivity contribution >= 4 is 18.7 Å². The van der Waals surface area contributed by atoms with Crippen LogP contribution in [0.25, 0.3) is 0 Å². The summed E-state index contributed by atoms with van der Waals surface area (Å²) in [6, 6.07) is 8.56. The number of carbonyl (C=O) groups excluding carboxylic acids is 1. The summed E-state index contributed by atoms with van der Waals surface area (Å²) in [4.78, 5) is 10.6. The van der Waals surface area contributed by atoms with Crippen LogP contribution in [0.1, 0.15) is 0 Å². The van der Waals surface area contributed by atoms with E-state index in [1.165, 1.54) is 7.11 Å². The highest BCUT2D eigenvalue weighted by Gasteiger charge is 2.21. The molecule has 0 atom stereocenters. The lowest BCUT2D eigenvalue weighted by atomic mass is 9.80. The van der Waals surface area contributed by atoms with Gasteiger partial charge in [0, 0.05) is 0 Å². The molecule has 0 fully saturated rings. The molecular formula is C8H9BO4. The Morgan fingerprint density at radius 2 is 2.00 bits per heavy atom. The summed E-state index contributed by atoms with van der Waals surface area (Å²) in [6.45, 7) is 0. The van der Waals surface area contributed by atoms with Crippen molar-refractivity contribution in [2.24, 2.45) is 0 Å². The van der Waals surface area contributed by atoms with Crippen LogP contribution in [0.3, 0.4) is 0 Å². The fourth-order valence-electron chi connectivity index (χ4n) is 0.825. The molecule has 0 radical (unpaired) electrons. The molecule has 0 aromatic heterocycles. The first-order chi connectivity index (χ1) is 6.24. The summed E-state index contributed by atoms with van der Waals surface area (Å²) < 4.78 is 8.70. The second kappa shape index (κ2) is 4.52. The lowest BCUT2D eigenvalue weighted by Gasteiger charge is -2.05. The van der Waals surface area contributed by atoms with Gasteiger partial charge in [-0.05, 0) is 5.46 Å². The Labute approximate surface area is 76.2 Å². The molecule has 0 unspecified atom stereocenters. The van der Waals surface area contributed by atoms with Crippen LogP contribution in [-0.4, -0.2) is 25.4 Å². The Morgan fingerprint density at radius 3 is 2.54 bits per heavy atom. The van der Waals surface area contributed by atoms with Crippen LogP contribution in [0.4, 0.5) is 4.79 Å². The molecule has 4 nitrogen and oxygen atoms in total. The van der Waals surface area contributed by atoms with E-state index in [1.807, 2.05) is 0 Å². The normalized spacial score (nSPS) is 9.08. The van der Waals surface area contributed by atoms with E-state index in [4.69, 9.17) is 0 Å². The third kappa shape index (κ3) is 2.80. The van der Waals surface area contributed by atoms with E-state index in [-0.39, 0.29) is 0 Å². The highest BCUT2D eigenvalue weighted by atomic mass is 16.7. The highest BCUT2D eigenvalue weighted by Crippen LogP contribution is 1.90. The number of hydrogen-bond donors (Lipinski definition) is 1. The largest absolute Gasteiger partial charge is 0.564 e. The van der Waals surface area contributed by atoms with E-state index in [0.29, 0.717) is 5.46 Å². The SMILES string of the molecule is COC(=O)OB(O)c1ccccc1. The zero-order valence-corrected chi connectivity index (χ0v) is 7.14. The minimum absolute atomic E-state index is 0.507. The molecule has 68 valence electrons. The van der Waals surface area contributed by atoms with Crippen LogP contribution in [0.15, 0.2) is 30.3 Å². The molecule has 1 aromatic carbocycles. The molecule has 1 N–H and O–H groups in total. The van der Waals surface area contributed by atoms with E-state index in [0.717, 1.165) is 0 Å². The zero-order chi connectivity index (χ0) is 9.68. The summed E-state index contributed by atoms with van der Waals surface area (Å²) >= 11 is 0. The molecule has 0 aliphatic rings. The first-order valence-electron chi connectivity index (χ1n) is 3.71. The topological polar surface area (TPSA) is 55.8 Å². The fraction of sp³-hybridized carbons (Fsp3) is 0.125. The van der Waals surface area contributed by atoms with Crippen molar-refractivity contribution in [1.29, 1.82) is 0 Å². The van der Waals surface area contributed by atoms with Crippen molar-refractivity contribution in [2.75, 3.05) is 7.11 Å². The van der Waals surface area contributed by atoms with Crippen LogP contribution in [0.5, 0.6) is 0 Å². The molecule has 0 saturated heterocycles. The van der Waals surface area contributed by atoms with Crippen molar-refractivity contribution in [1.82, 2.24) is 0 Å². The van der Waals surface area contributed by atoms with Gasteiger partial charge in [-0.2, -0.15) is 0 Å². The number of carbonyl (C=O) groups is 1. The van der Waals surface area contributed by atoms with Crippen LogP contribution in [-0.2, 0) is 9.39 Å². The number of hydrogen-bond acceptors (Lipinski definition) is 4. The minimum Gasteiger partial charge on any atom is -0.473 e. The van der Waals surface area contributed by atoms with Crippen LogP contribution >= 0.6 is 0 Å². The Balaban J connectivity index is 2.59. The smallest absolute Gasteiger partial charge is 0.473 e. The summed E-state index contributed by atoms with van der Waals surface area (Å²) in [5.74, 6) is 0. The van der Waals surface area contributed by atoms with Crippen molar-refractivity contribution < 1.29 is 19.2 Å². The summed E-state index contributed by atoms with van der Waals surface area (Å²) in [7, 11) is -0.0892. The monoisotopic (exact) mass is 180 g/mol. The molecule has 1 rings (SSSR count). The maximum absolute atomic E-state index is 10.6. The second-order valence-electron chi connectivity index (χ2n) is 2.34. The van der Waals surface area contributed by atoms with Gasteiger partial charge in [-0.25, -0.2) is 4.79 Å². The maximum Gasteiger partial charge on any atom is 0.564 e. The van der Waals surface area contributed by atoms with E-state index in [9.17, 15) is 9.82 Å². The quantitative estimate of drug-likeness (QED) is 0.520. The third-order valence-electron chi connectivity index (χ3n) is 1.46. The molecule has 0 bridgehead atoms. The van der Waals surface area contributed by atoms with E-state index in [1.54, 1.807) is 30.3 Å². The minimum atomic E-state index is -1.27. The Morgan fingerprint density at radius 1 is 1.38 bits per heavy atom. The van der Waals surface area contributed by atoms with Gasteiger partial charge in [-0.1, -0.05) is 30.3 Å². The van der Waals surface area contributed by atoms with Crippen LogP contribution in [0, 0.1) is 0 Å². The Bertz CT molecular complexity index is 275. The second-order valence-corrected chi connectivity index (χ2v) is 2.34. The van der Waals surface area contributed by atoms with Crippen LogP contribution in [0.2, 0.25) is 0 Å². The average molecular weight is 180 g/mol. The zero-order valence-electron chi connectivity index (χ0n) is 7.14. The average Bonchev–Trinajstić information content (AvgIpc) is 2.19. The molecule has 13 heavy (non-hydrogen) atoms. The lowest BCUT2D eigenvalue weighted by molar-refractivity contribution is 0.115. The van der Waals surface area contributed by atoms with Gasteiger partial charge in [-0.15, -0.1) is 0 Å².